The fourth-order valence-electron chi connectivity index (χ4n) is 1.56. The van der Waals surface area contributed by atoms with Crippen molar-refractivity contribution >= 4 is 38.9 Å². The molecule has 0 fully saturated rings. The Kier molecular flexibility index (Phi) is 4.63. The van der Waals surface area contributed by atoms with Gasteiger partial charge in [0.25, 0.3) is 5.91 Å². The van der Waals surface area contributed by atoms with Crippen LogP contribution in [-0.4, -0.2) is 10.8 Å². The second-order valence-corrected chi connectivity index (χ2v) is 5.87. The number of carbonyl (C=O) groups is 1. The van der Waals surface area contributed by atoms with Crippen LogP contribution in [0.25, 0.3) is 0 Å². The summed E-state index contributed by atoms with van der Waals surface area (Å²) in [7, 11) is 0. The molecule has 5 nitrogen and oxygen atoms in total. The molecule has 2 rings (SSSR count). The van der Waals surface area contributed by atoms with Gasteiger partial charge in [0.05, 0.1) is 23.1 Å². The van der Waals surface area contributed by atoms with Gasteiger partial charge in [-0.15, -0.1) is 11.3 Å². The number of nitrogens with zero attached hydrogens (tertiary/aromatic N) is 1. The number of halogens is 3. The molecule has 0 saturated carbocycles. The Labute approximate surface area is 129 Å². The van der Waals surface area contributed by atoms with Crippen LogP contribution in [0.2, 0.25) is 0 Å². The number of thiophene rings is 1. The van der Waals surface area contributed by atoms with Crippen LogP contribution >= 0.6 is 27.3 Å². The lowest BCUT2D eigenvalue weighted by atomic mass is 10.1. The van der Waals surface area contributed by atoms with Crippen LogP contribution in [0.1, 0.15) is 15.2 Å². The summed E-state index contributed by atoms with van der Waals surface area (Å²) in [4.78, 5) is 22.0. The molecule has 1 aromatic carbocycles. The third-order valence-electron chi connectivity index (χ3n) is 2.52. The van der Waals surface area contributed by atoms with E-state index in [1.165, 1.54) is 11.3 Å². The van der Waals surface area contributed by atoms with Crippen LogP contribution < -0.4 is 5.32 Å². The first-order valence-electron chi connectivity index (χ1n) is 5.53. The molecule has 0 aliphatic rings. The van der Waals surface area contributed by atoms with Crippen molar-refractivity contribution in [3.63, 3.8) is 0 Å². The van der Waals surface area contributed by atoms with Crippen LogP contribution in [0.3, 0.4) is 0 Å². The summed E-state index contributed by atoms with van der Waals surface area (Å²) in [5.74, 6) is -3.25. The molecule has 0 aliphatic heterocycles. The highest BCUT2D eigenvalue weighted by Crippen LogP contribution is 2.22. The van der Waals surface area contributed by atoms with Gasteiger partial charge in [0.2, 0.25) is 5.82 Å². The summed E-state index contributed by atoms with van der Waals surface area (Å²) in [6.45, 7) is 0.146. The Morgan fingerprint density at radius 1 is 1.33 bits per heavy atom. The van der Waals surface area contributed by atoms with Crippen molar-refractivity contribution in [2.24, 2.45) is 0 Å². The van der Waals surface area contributed by atoms with Crippen molar-refractivity contribution in [1.82, 2.24) is 5.32 Å². The Bertz CT molecular complexity index is 721. The summed E-state index contributed by atoms with van der Waals surface area (Å²) in [5, 5.41) is 14.7. The molecule has 0 saturated heterocycles. The van der Waals surface area contributed by atoms with Crippen molar-refractivity contribution in [2.45, 2.75) is 6.54 Å². The molecule has 0 spiro atoms. The van der Waals surface area contributed by atoms with E-state index in [0.29, 0.717) is 12.1 Å². The first-order valence-corrected chi connectivity index (χ1v) is 7.20. The van der Waals surface area contributed by atoms with E-state index in [4.69, 9.17) is 0 Å². The van der Waals surface area contributed by atoms with Gasteiger partial charge in [0, 0.05) is 14.7 Å². The van der Waals surface area contributed by atoms with Crippen LogP contribution in [-0.2, 0) is 6.54 Å². The number of amides is 1. The minimum Gasteiger partial charge on any atom is -0.347 e. The number of nitro benzene ring substituents is 1. The molecule has 0 atom stereocenters. The van der Waals surface area contributed by atoms with Crippen molar-refractivity contribution in [1.29, 1.82) is 0 Å². The topological polar surface area (TPSA) is 72.2 Å². The Morgan fingerprint density at radius 2 is 2.05 bits per heavy atom. The lowest BCUT2D eigenvalue weighted by Crippen LogP contribution is -2.23. The Morgan fingerprint density at radius 3 is 2.62 bits per heavy atom. The number of rotatable bonds is 4. The minimum atomic E-state index is -1.26. The molecule has 1 amide bonds. The predicted octanol–water partition coefficient (Wildman–Crippen LogP) is 3.63. The van der Waals surface area contributed by atoms with Gasteiger partial charge in [-0.25, -0.2) is 4.39 Å². The summed E-state index contributed by atoms with van der Waals surface area (Å²) >= 11 is 4.63. The monoisotopic (exact) mass is 376 g/mol. The van der Waals surface area contributed by atoms with E-state index in [-0.39, 0.29) is 6.54 Å². The van der Waals surface area contributed by atoms with Gasteiger partial charge in [-0.1, -0.05) is 0 Å². The highest BCUT2D eigenvalue weighted by atomic mass is 79.9. The van der Waals surface area contributed by atoms with Crippen LogP contribution in [0.4, 0.5) is 14.5 Å². The number of carbonyl (C=O) groups excluding carboxylic acids is 1. The second kappa shape index (κ2) is 6.27. The number of nitrogens with one attached hydrogen (secondary N) is 1. The van der Waals surface area contributed by atoms with Crippen molar-refractivity contribution < 1.29 is 18.5 Å². The van der Waals surface area contributed by atoms with Crippen molar-refractivity contribution in [2.75, 3.05) is 0 Å². The van der Waals surface area contributed by atoms with Crippen LogP contribution in [0.15, 0.2) is 28.1 Å². The van der Waals surface area contributed by atoms with Crippen LogP contribution in [0, 0.1) is 21.7 Å². The molecule has 0 radical (unpaired) electrons. The van der Waals surface area contributed by atoms with E-state index in [1.54, 1.807) is 6.07 Å². The number of benzene rings is 1. The third-order valence-corrected chi connectivity index (χ3v) is 4.22. The first-order chi connectivity index (χ1) is 9.88. The predicted molar refractivity (Wildman–Crippen MR) is 76.2 cm³/mol. The van der Waals surface area contributed by atoms with E-state index in [2.05, 4.69) is 21.2 Å². The summed E-state index contributed by atoms with van der Waals surface area (Å²) in [6.07, 6.45) is 0. The van der Waals surface area contributed by atoms with Gasteiger partial charge >= 0.3 is 5.69 Å². The minimum absolute atomic E-state index is 0.146. The van der Waals surface area contributed by atoms with Crippen LogP contribution in [0.5, 0.6) is 0 Å². The highest BCUT2D eigenvalue weighted by molar-refractivity contribution is 9.10. The zero-order chi connectivity index (χ0) is 15.6. The summed E-state index contributed by atoms with van der Waals surface area (Å²) in [6, 6.07) is 2.69. The molecular weight excluding hydrogens is 370 g/mol. The molecule has 21 heavy (non-hydrogen) atoms. The van der Waals surface area contributed by atoms with Gasteiger partial charge in [-0.05, 0) is 28.1 Å². The van der Waals surface area contributed by atoms with E-state index >= 15 is 0 Å². The van der Waals surface area contributed by atoms with Gasteiger partial charge in [-0.2, -0.15) is 4.39 Å². The molecular formula is C12H7BrF2N2O3S. The Hall–Kier alpha value is -1.87. The van der Waals surface area contributed by atoms with Crippen molar-refractivity contribution in [3.8, 4) is 0 Å². The maximum Gasteiger partial charge on any atom is 0.307 e. The second-order valence-electron chi connectivity index (χ2n) is 3.95. The molecule has 0 bridgehead atoms. The zero-order valence-electron chi connectivity index (χ0n) is 10.2. The quantitative estimate of drug-likeness (QED) is 0.654. The smallest absolute Gasteiger partial charge is 0.307 e. The number of hydrogen-bond donors (Lipinski definition) is 1. The molecule has 1 heterocycles. The number of hydrogen-bond acceptors (Lipinski definition) is 4. The van der Waals surface area contributed by atoms with Gasteiger partial charge in [0.1, 0.15) is 5.82 Å². The molecule has 2 aromatic rings. The normalized spacial score (nSPS) is 10.4. The number of nitro groups is 1. The molecule has 110 valence electrons. The largest absolute Gasteiger partial charge is 0.347 e. The van der Waals surface area contributed by atoms with Gasteiger partial charge in [-0.3, -0.25) is 14.9 Å². The molecule has 0 unspecified atom stereocenters. The summed E-state index contributed by atoms with van der Waals surface area (Å²) in [5.41, 5.74) is -1.58. The fourth-order valence-corrected chi connectivity index (χ4v) is 2.95. The van der Waals surface area contributed by atoms with E-state index in [0.717, 1.165) is 9.35 Å². The SMILES string of the molecule is O=C(NCc1cc(Br)cs1)c1cc(F)c([N+](=O)[O-])cc1F. The maximum atomic E-state index is 13.6. The molecule has 0 aliphatic carbocycles. The van der Waals surface area contributed by atoms with Gasteiger partial charge < -0.3 is 5.32 Å². The molecule has 1 aromatic heterocycles. The standard InChI is InChI=1S/C12H7BrF2N2O3S/c13-6-1-7(21-5-6)4-16-12(18)8-2-10(15)11(17(19)20)3-9(8)14/h1-3,5H,4H2,(H,16,18). The zero-order valence-corrected chi connectivity index (χ0v) is 12.6. The Balaban J connectivity index is 2.15. The highest BCUT2D eigenvalue weighted by Gasteiger charge is 2.21. The van der Waals surface area contributed by atoms with Gasteiger partial charge in [0.15, 0.2) is 0 Å². The maximum absolute atomic E-state index is 13.6. The first kappa shape index (κ1) is 15.5. The average molecular weight is 377 g/mol. The lowest BCUT2D eigenvalue weighted by Gasteiger charge is -2.05. The summed E-state index contributed by atoms with van der Waals surface area (Å²) < 4.78 is 27.9. The molecule has 1 N–H and O–H groups in total. The van der Waals surface area contributed by atoms with E-state index in [1.807, 2.05) is 5.38 Å². The fraction of sp³-hybridized carbons (Fsp3) is 0.0833. The molecule has 9 heteroatoms. The van der Waals surface area contributed by atoms with Crippen molar-refractivity contribution in [3.05, 3.63) is 60.2 Å². The van der Waals surface area contributed by atoms with E-state index in [9.17, 15) is 23.7 Å². The lowest BCUT2D eigenvalue weighted by molar-refractivity contribution is -0.387. The third kappa shape index (κ3) is 3.61. The van der Waals surface area contributed by atoms with E-state index < -0.39 is 33.7 Å². The average Bonchev–Trinajstić information content (AvgIpc) is 2.83.